The maximum absolute atomic E-state index is 12.8. The molecule has 1 atom stereocenters. The molecule has 1 aliphatic heterocycles. The first-order chi connectivity index (χ1) is 13.5. The Kier molecular flexibility index (Phi) is 4.69. The molecule has 28 heavy (non-hydrogen) atoms. The molecule has 0 aliphatic carbocycles. The van der Waals surface area contributed by atoms with Crippen LogP contribution >= 0.6 is 0 Å². The van der Waals surface area contributed by atoms with E-state index in [4.69, 9.17) is 4.74 Å². The highest BCUT2D eigenvalue weighted by Gasteiger charge is 2.27. The van der Waals surface area contributed by atoms with E-state index in [1.165, 1.54) is 11.6 Å². The number of hydrogen-bond donors (Lipinski definition) is 1. The number of rotatable bonds is 3. The number of carbonyl (C=O) groups is 2. The number of amides is 1. The van der Waals surface area contributed by atoms with Gasteiger partial charge < -0.3 is 14.6 Å². The van der Waals surface area contributed by atoms with Gasteiger partial charge in [-0.25, -0.2) is 4.79 Å². The fraction of sp³-hybridized carbons (Fsp3) is 0.227. The van der Waals surface area contributed by atoms with Gasteiger partial charge in [0.05, 0.1) is 5.56 Å². The summed E-state index contributed by atoms with van der Waals surface area (Å²) in [6.45, 7) is 2.66. The lowest BCUT2D eigenvalue weighted by Gasteiger charge is -2.30. The molecule has 142 valence electrons. The van der Waals surface area contributed by atoms with Gasteiger partial charge in [0.15, 0.2) is 6.10 Å². The van der Waals surface area contributed by atoms with Gasteiger partial charge in [0.2, 0.25) is 5.56 Å². The van der Waals surface area contributed by atoms with Crippen LogP contribution in [0.25, 0.3) is 10.9 Å². The predicted molar refractivity (Wildman–Crippen MR) is 105 cm³/mol. The summed E-state index contributed by atoms with van der Waals surface area (Å²) in [7, 11) is 0. The summed E-state index contributed by atoms with van der Waals surface area (Å²) in [5.41, 5.74) is 2.67. The Hall–Kier alpha value is -3.41. The third kappa shape index (κ3) is 3.41. The Bertz CT molecular complexity index is 1120. The average Bonchev–Trinajstić information content (AvgIpc) is 2.72. The first kappa shape index (κ1) is 18.0. The second-order valence-electron chi connectivity index (χ2n) is 6.92. The molecular weight excluding hydrogens is 356 g/mol. The molecule has 1 N–H and O–H groups in total. The number of nitrogens with one attached hydrogen (secondary N) is 1. The van der Waals surface area contributed by atoms with Crippen LogP contribution in [-0.2, 0) is 22.5 Å². The third-order valence-electron chi connectivity index (χ3n) is 5.04. The van der Waals surface area contributed by atoms with Crippen LogP contribution in [0.5, 0.6) is 0 Å². The van der Waals surface area contributed by atoms with Crippen LogP contribution < -0.4 is 5.56 Å². The minimum Gasteiger partial charge on any atom is -0.449 e. The standard InChI is InChI=1S/C22H20N2O4/c1-14(21(26)24-11-10-15-6-2-3-7-16(15)13-24)28-22(27)18-12-20(25)23-19-9-5-4-8-17(18)19/h2-9,12,14H,10-11,13H2,1H3,(H,23,25). The number of H-pyrrole nitrogens is 1. The summed E-state index contributed by atoms with van der Waals surface area (Å²) in [6.07, 6.45) is -0.155. The van der Waals surface area contributed by atoms with Gasteiger partial charge in [-0.05, 0) is 30.5 Å². The van der Waals surface area contributed by atoms with E-state index in [9.17, 15) is 14.4 Å². The van der Waals surface area contributed by atoms with Crippen LogP contribution in [0.15, 0.2) is 59.4 Å². The smallest absolute Gasteiger partial charge is 0.339 e. The lowest BCUT2D eigenvalue weighted by atomic mass is 9.99. The number of nitrogens with zero attached hydrogens (tertiary/aromatic N) is 1. The van der Waals surface area contributed by atoms with Crippen LogP contribution in [0.2, 0.25) is 0 Å². The second kappa shape index (κ2) is 7.31. The van der Waals surface area contributed by atoms with Crippen molar-refractivity contribution in [3.8, 4) is 0 Å². The number of fused-ring (bicyclic) bond motifs is 2. The molecule has 1 unspecified atom stereocenters. The number of hydrogen-bond acceptors (Lipinski definition) is 4. The summed E-state index contributed by atoms with van der Waals surface area (Å²) < 4.78 is 5.42. The van der Waals surface area contributed by atoms with Crippen LogP contribution in [0, 0.1) is 0 Å². The van der Waals surface area contributed by atoms with Crippen molar-refractivity contribution in [1.82, 2.24) is 9.88 Å². The summed E-state index contributed by atoms with van der Waals surface area (Å²) in [4.78, 5) is 41.7. The number of aromatic nitrogens is 1. The van der Waals surface area contributed by atoms with E-state index in [1.54, 1.807) is 36.1 Å². The Labute approximate surface area is 161 Å². The van der Waals surface area contributed by atoms with E-state index in [2.05, 4.69) is 11.1 Å². The second-order valence-corrected chi connectivity index (χ2v) is 6.92. The largest absolute Gasteiger partial charge is 0.449 e. The molecule has 1 amide bonds. The molecule has 3 aromatic rings. The number of para-hydroxylation sites is 1. The molecule has 0 saturated heterocycles. The van der Waals surface area contributed by atoms with Crippen LogP contribution in [0.1, 0.15) is 28.4 Å². The molecule has 1 aliphatic rings. The topological polar surface area (TPSA) is 79.5 Å². The lowest BCUT2D eigenvalue weighted by Crippen LogP contribution is -2.42. The van der Waals surface area contributed by atoms with Gasteiger partial charge >= 0.3 is 5.97 Å². The zero-order chi connectivity index (χ0) is 19.7. The highest BCUT2D eigenvalue weighted by molar-refractivity contribution is 6.03. The van der Waals surface area contributed by atoms with Crippen molar-refractivity contribution in [2.75, 3.05) is 6.54 Å². The minimum absolute atomic E-state index is 0.156. The number of aromatic amines is 1. The van der Waals surface area contributed by atoms with Crippen molar-refractivity contribution >= 4 is 22.8 Å². The van der Waals surface area contributed by atoms with E-state index in [0.717, 1.165) is 12.0 Å². The zero-order valence-corrected chi connectivity index (χ0v) is 15.5. The number of benzene rings is 2. The Morgan fingerprint density at radius 3 is 2.61 bits per heavy atom. The zero-order valence-electron chi connectivity index (χ0n) is 15.5. The monoisotopic (exact) mass is 376 g/mol. The number of ether oxygens (including phenoxy) is 1. The molecule has 6 nitrogen and oxygen atoms in total. The van der Waals surface area contributed by atoms with Gasteiger partial charge in [-0.3, -0.25) is 9.59 Å². The summed E-state index contributed by atoms with van der Waals surface area (Å²) in [6, 6.07) is 16.2. The molecule has 0 saturated carbocycles. The van der Waals surface area contributed by atoms with Crippen molar-refractivity contribution in [2.45, 2.75) is 26.0 Å². The van der Waals surface area contributed by atoms with Crippen molar-refractivity contribution in [2.24, 2.45) is 0 Å². The summed E-state index contributed by atoms with van der Waals surface area (Å²) in [5.74, 6) is -0.919. The lowest BCUT2D eigenvalue weighted by molar-refractivity contribution is -0.140. The fourth-order valence-corrected chi connectivity index (χ4v) is 3.59. The van der Waals surface area contributed by atoms with Gasteiger partial charge in [0.25, 0.3) is 5.91 Å². The average molecular weight is 376 g/mol. The van der Waals surface area contributed by atoms with Gasteiger partial charge in [0.1, 0.15) is 0 Å². The van der Waals surface area contributed by atoms with Gasteiger partial charge in [-0.15, -0.1) is 0 Å². The molecule has 0 radical (unpaired) electrons. The number of esters is 1. The van der Waals surface area contributed by atoms with Crippen molar-refractivity contribution in [3.05, 3.63) is 81.6 Å². The van der Waals surface area contributed by atoms with Gasteiger partial charge in [-0.1, -0.05) is 42.5 Å². The Balaban J connectivity index is 1.51. The first-order valence-electron chi connectivity index (χ1n) is 9.21. The van der Waals surface area contributed by atoms with Crippen LogP contribution in [0.3, 0.4) is 0 Å². The molecule has 0 bridgehead atoms. The van der Waals surface area contributed by atoms with E-state index in [0.29, 0.717) is 24.0 Å². The number of carbonyl (C=O) groups excluding carboxylic acids is 2. The normalized spacial score (nSPS) is 14.4. The Morgan fingerprint density at radius 1 is 1.07 bits per heavy atom. The highest BCUT2D eigenvalue weighted by Crippen LogP contribution is 2.20. The third-order valence-corrected chi connectivity index (χ3v) is 5.04. The molecule has 0 fully saturated rings. The fourth-order valence-electron chi connectivity index (χ4n) is 3.59. The van der Waals surface area contributed by atoms with Crippen LogP contribution in [0.4, 0.5) is 0 Å². The molecule has 2 aromatic carbocycles. The van der Waals surface area contributed by atoms with Crippen molar-refractivity contribution < 1.29 is 14.3 Å². The molecule has 1 aromatic heterocycles. The van der Waals surface area contributed by atoms with E-state index < -0.39 is 17.6 Å². The molecule has 6 heteroatoms. The minimum atomic E-state index is -0.934. The van der Waals surface area contributed by atoms with E-state index in [1.807, 2.05) is 18.2 Å². The number of pyridine rings is 1. The van der Waals surface area contributed by atoms with Crippen molar-refractivity contribution in [3.63, 3.8) is 0 Å². The van der Waals surface area contributed by atoms with Gasteiger partial charge in [-0.2, -0.15) is 0 Å². The SMILES string of the molecule is CC(OC(=O)c1cc(=O)[nH]c2ccccc12)C(=O)N1CCc2ccccc2C1. The predicted octanol–water partition coefficient (Wildman–Crippen LogP) is 2.66. The molecule has 0 spiro atoms. The highest BCUT2D eigenvalue weighted by atomic mass is 16.5. The van der Waals surface area contributed by atoms with E-state index >= 15 is 0 Å². The molecule has 2 heterocycles. The summed E-state index contributed by atoms with van der Waals surface area (Å²) in [5, 5.41) is 0.582. The van der Waals surface area contributed by atoms with E-state index in [-0.39, 0.29) is 11.5 Å². The van der Waals surface area contributed by atoms with Gasteiger partial charge in [0, 0.05) is 30.1 Å². The molecular formula is C22H20N2O4. The molecule has 4 rings (SSSR count). The maximum atomic E-state index is 12.8. The van der Waals surface area contributed by atoms with Crippen LogP contribution in [-0.4, -0.2) is 34.4 Å². The summed E-state index contributed by atoms with van der Waals surface area (Å²) >= 11 is 0. The Morgan fingerprint density at radius 2 is 1.79 bits per heavy atom. The van der Waals surface area contributed by atoms with Crippen molar-refractivity contribution in [1.29, 1.82) is 0 Å². The first-order valence-corrected chi connectivity index (χ1v) is 9.21. The maximum Gasteiger partial charge on any atom is 0.339 e. The quantitative estimate of drug-likeness (QED) is 0.713.